The number of hydrogen-bond acceptors (Lipinski definition) is 5. The summed E-state index contributed by atoms with van der Waals surface area (Å²) in [4.78, 5) is 14.4. The smallest absolute Gasteiger partial charge is 0.289 e. The molecule has 2 aromatic heterocycles. The predicted molar refractivity (Wildman–Crippen MR) is 109 cm³/mol. The molecule has 3 rings (SSSR count). The highest BCUT2D eigenvalue weighted by molar-refractivity contribution is 5.91. The number of carbonyl (C=O) groups excluding carboxylic acids is 1. The Morgan fingerprint density at radius 2 is 1.83 bits per heavy atom. The van der Waals surface area contributed by atoms with Crippen LogP contribution in [0.15, 0.2) is 40.8 Å². The van der Waals surface area contributed by atoms with Crippen molar-refractivity contribution in [1.29, 1.82) is 0 Å². The molecule has 0 radical (unpaired) electrons. The van der Waals surface area contributed by atoms with Crippen molar-refractivity contribution in [1.82, 2.24) is 14.7 Å². The Morgan fingerprint density at radius 3 is 2.45 bits per heavy atom. The van der Waals surface area contributed by atoms with E-state index in [2.05, 4.69) is 12.0 Å². The second-order valence-electron chi connectivity index (χ2n) is 6.86. The summed E-state index contributed by atoms with van der Waals surface area (Å²) in [5, 5.41) is 4.51. The van der Waals surface area contributed by atoms with Crippen LogP contribution in [0.25, 0.3) is 0 Å². The third-order valence-corrected chi connectivity index (χ3v) is 4.89. The maximum absolute atomic E-state index is 12.8. The topological polar surface area (TPSA) is 69.7 Å². The first-order valence-corrected chi connectivity index (χ1v) is 9.56. The molecule has 0 aliphatic carbocycles. The maximum atomic E-state index is 12.8. The Bertz CT molecular complexity index is 973. The van der Waals surface area contributed by atoms with Crippen molar-refractivity contribution in [2.75, 3.05) is 14.2 Å². The van der Waals surface area contributed by atoms with Gasteiger partial charge in [0.15, 0.2) is 5.76 Å². The number of amides is 1. The van der Waals surface area contributed by atoms with Gasteiger partial charge < -0.3 is 18.8 Å². The Hall–Kier alpha value is -3.22. The molecule has 154 valence electrons. The second kappa shape index (κ2) is 8.86. The van der Waals surface area contributed by atoms with Gasteiger partial charge in [-0.15, -0.1) is 0 Å². The lowest BCUT2D eigenvalue weighted by molar-refractivity contribution is 0.0749. The number of aryl methyl sites for hydroxylation is 2. The van der Waals surface area contributed by atoms with Crippen LogP contribution < -0.4 is 9.47 Å². The molecule has 2 heterocycles. The molecule has 3 aromatic rings. The fourth-order valence-corrected chi connectivity index (χ4v) is 3.16. The SMILES string of the molecule is CCn1nc(C)c(CN(C)C(=O)c2ccc(COc3ccc(OC)cc3)o2)c1C. The zero-order chi connectivity index (χ0) is 21.0. The number of aromatic nitrogens is 2. The summed E-state index contributed by atoms with van der Waals surface area (Å²) in [5.41, 5.74) is 3.09. The van der Waals surface area contributed by atoms with Gasteiger partial charge in [-0.3, -0.25) is 9.48 Å². The van der Waals surface area contributed by atoms with Crippen LogP contribution in [0.2, 0.25) is 0 Å². The van der Waals surface area contributed by atoms with E-state index in [1.54, 1.807) is 31.2 Å². The van der Waals surface area contributed by atoms with Gasteiger partial charge in [0.05, 0.1) is 12.8 Å². The van der Waals surface area contributed by atoms with Gasteiger partial charge in [0.1, 0.15) is 23.9 Å². The number of hydrogen-bond donors (Lipinski definition) is 0. The number of ether oxygens (including phenoxy) is 2. The van der Waals surface area contributed by atoms with Gasteiger partial charge in [0, 0.05) is 31.4 Å². The average Bonchev–Trinajstić information content (AvgIpc) is 3.31. The third kappa shape index (κ3) is 4.62. The number of carbonyl (C=O) groups is 1. The van der Waals surface area contributed by atoms with Crippen molar-refractivity contribution in [2.24, 2.45) is 0 Å². The Balaban J connectivity index is 1.61. The molecule has 0 aliphatic rings. The maximum Gasteiger partial charge on any atom is 0.289 e. The summed E-state index contributed by atoms with van der Waals surface area (Å²) >= 11 is 0. The van der Waals surface area contributed by atoms with E-state index < -0.39 is 0 Å². The van der Waals surface area contributed by atoms with E-state index >= 15 is 0 Å². The summed E-state index contributed by atoms with van der Waals surface area (Å²) in [7, 11) is 3.38. The lowest BCUT2D eigenvalue weighted by Gasteiger charge is -2.16. The molecule has 1 aromatic carbocycles. The van der Waals surface area contributed by atoms with Crippen LogP contribution in [0.5, 0.6) is 11.5 Å². The molecule has 0 unspecified atom stereocenters. The number of rotatable bonds is 8. The summed E-state index contributed by atoms with van der Waals surface area (Å²) in [5.74, 6) is 2.17. The Morgan fingerprint density at radius 1 is 1.14 bits per heavy atom. The summed E-state index contributed by atoms with van der Waals surface area (Å²) < 4.78 is 18.5. The molecule has 1 amide bonds. The highest BCUT2D eigenvalue weighted by Gasteiger charge is 2.20. The molecular formula is C22H27N3O4. The van der Waals surface area contributed by atoms with Crippen molar-refractivity contribution in [2.45, 2.75) is 40.5 Å². The van der Waals surface area contributed by atoms with Crippen LogP contribution in [-0.2, 0) is 19.7 Å². The molecule has 0 aliphatic heterocycles. The van der Waals surface area contributed by atoms with Crippen molar-refractivity contribution >= 4 is 5.91 Å². The predicted octanol–water partition coefficient (Wildman–Crippen LogP) is 3.97. The van der Waals surface area contributed by atoms with Crippen molar-refractivity contribution in [3.05, 3.63) is 64.9 Å². The first-order chi connectivity index (χ1) is 13.9. The number of furan rings is 1. The molecular weight excluding hydrogens is 370 g/mol. The van der Waals surface area contributed by atoms with E-state index in [0.29, 0.717) is 23.8 Å². The fraction of sp³-hybridized carbons (Fsp3) is 0.364. The molecule has 0 spiro atoms. The number of benzene rings is 1. The van der Waals surface area contributed by atoms with Crippen molar-refractivity contribution in [3.63, 3.8) is 0 Å². The van der Waals surface area contributed by atoms with Crippen molar-refractivity contribution < 1.29 is 18.7 Å². The lowest BCUT2D eigenvalue weighted by atomic mass is 10.2. The van der Waals surface area contributed by atoms with Crippen LogP contribution in [0.3, 0.4) is 0 Å². The largest absolute Gasteiger partial charge is 0.497 e. The normalized spacial score (nSPS) is 10.8. The molecule has 7 heteroatoms. The molecule has 7 nitrogen and oxygen atoms in total. The first-order valence-electron chi connectivity index (χ1n) is 9.56. The van der Waals surface area contributed by atoms with Crippen LogP contribution in [-0.4, -0.2) is 34.7 Å². The number of nitrogens with zero attached hydrogens (tertiary/aromatic N) is 3. The van der Waals surface area contributed by atoms with E-state index in [1.807, 2.05) is 42.8 Å². The minimum atomic E-state index is -0.177. The van der Waals surface area contributed by atoms with E-state index in [1.165, 1.54) is 0 Å². The highest BCUT2D eigenvalue weighted by atomic mass is 16.5. The van der Waals surface area contributed by atoms with Gasteiger partial charge in [-0.2, -0.15) is 5.10 Å². The molecule has 0 saturated heterocycles. The van der Waals surface area contributed by atoms with E-state index in [9.17, 15) is 4.79 Å². The summed E-state index contributed by atoms with van der Waals surface area (Å²) in [6.45, 7) is 7.57. The van der Waals surface area contributed by atoms with Gasteiger partial charge >= 0.3 is 0 Å². The van der Waals surface area contributed by atoms with Gasteiger partial charge in [-0.05, 0) is 57.2 Å². The van der Waals surface area contributed by atoms with Crippen LogP contribution in [0, 0.1) is 13.8 Å². The molecule has 0 fully saturated rings. The van der Waals surface area contributed by atoms with E-state index in [4.69, 9.17) is 13.9 Å². The zero-order valence-electron chi connectivity index (χ0n) is 17.6. The van der Waals surface area contributed by atoms with Gasteiger partial charge in [-0.25, -0.2) is 0 Å². The second-order valence-corrected chi connectivity index (χ2v) is 6.86. The van der Waals surface area contributed by atoms with Gasteiger partial charge in [0.2, 0.25) is 0 Å². The third-order valence-electron chi connectivity index (χ3n) is 4.89. The van der Waals surface area contributed by atoms with E-state index in [-0.39, 0.29) is 12.5 Å². The first kappa shape index (κ1) is 20.5. The molecule has 29 heavy (non-hydrogen) atoms. The summed E-state index contributed by atoms with van der Waals surface area (Å²) in [6, 6.07) is 10.7. The number of methoxy groups -OCH3 is 1. The molecule has 0 bridgehead atoms. The lowest BCUT2D eigenvalue weighted by Crippen LogP contribution is -2.26. The Labute approximate surface area is 170 Å². The minimum Gasteiger partial charge on any atom is -0.497 e. The molecule has 0 atom stereocenters. The fourth-order valence-electron chi connectivity index (χ4n) is 3.16. The highest BCUT2D eigenvalue weighted by Crippen LogP contribution is 2.20. The zero-order valence-corrected chi connectivity index (χ0v) is 17.6. The average molecular weight is 397 g/mol. The molecule has 0 N–H and O–H groups in total. The van der Waals surface area contributed by atoms with Crippen LogP contribution in [0.4, 0.5) is 0 Å². The van der Waals surface area contributed by atoms with Crippen molar-refractivity contribution in [3.8, 4) is 11.5 Å². The van der Waals surface area contributed by atoms with Crippen LogP contribution >= 0.6 is 0 Å². The Kier molecular flexibility index (Phi) is 6.26. The van der Waals surface area contributed by atoms with Gasteiger partial charge in [0.25, 0.3) is 5.91 Å². The van der Waals surface area contributed by atoms with Gasteiger partial charge in [-0.1, -0.05) is 0 Å². The monoisotopic (exact) mass is 397 g/mol. The standard InChI is InChI=1S/C22H27N3O4/c1-6-25-16(3)20(15(2)23-25)13-24(4)22(26)21-12-11-19(29-21)14-28-18-9-7-17(27-5)8-10-18/h7-12H,6,13-14H2,1-5H3. The quantitative estimate of drug-likeness (QED) is 0.575. The minimum absolute atomic E-state index is 0.177. The summed E-state index contributed by atoms with van der Waals surface area (Å²) in [6.07, 6.45) is 0. The van der Waals surface area contributed by atoms with Crippen LogP contribution in [0.1, 0.15) is 40.2 Å². The molecule has 0 saturated carbocycles. The van der Waals surface area contributed by atoms with E-state index in [0.717, 1.165) is 29.2 Å².